The average Bonchev–Trinajstić information content (AvgIpc) is 3.37. The number of para-hydroxylation sites is 2. The third-order valence-corrected chi connectivity index (χ3v) is 7.17. The Hall–Kier alpha value is -4.39. The maximum Gasteiger partial charge on any atom is 0.325 e. The van der Waals surface area contributed by atoms with Crippen molar-refractivity contribution in [2.45, 2.75) is 25.4 Å². The van der Waals surface area contributed by atoms with Crippen molar-refractivity contribution in [3.63, 3.8) is 0 Å². The highest BCUT2D eigenvalue weighted by atomic mass is 16.5. The SMILES string of the molecule is CCn1c(-c2ccccc2)c(C(=O)CN2C(=O)N[C@]3(CCOc4ccccc43)C2=O)c2ccccc21. The van der Waals surface area contributed by atoms with Crippen molar-refractivity contribution in [1.82, 2.24) is 14.8 Å². The number of ether oxygens (including phenoxy) is 1. The fourth-order valence-corrected chi connectivity index (χ4v) is 5.55. The Labute approximate surface area is 208 Å². The standard InChI is InChI=1S/C29H25N3O4/c1-2-31-22-14-8-6-12-20(22)25(26(31)19-10-4-3-5-11-19)23(33)18-32-27(34)29(30-28(32)35)16-17-36-24-15-9-7-13-21(24)29/h3-15H,2,16-18H2,1H3,(H,30,35)/t29-/m0/s1. The van der Waals surface area contributed by atoms with Crippen LogP contribution in [0.3, 0.4) is 0 Å². The molecule has 0 aliphatic carbocycles. The predicted molar refractivity (Wildman–Crippen MR) is 136 cm³/mol. The number of carbonyl (C=O) groups is 3. The van der Waals surface area contributed by atoms with Gasteiger partial charge < -0.3 is 14.6 Å². The first-order valence-electron chi connectivity index (χ1n) is 12.1. The molecule has 1 spiro atoms. The zero-order valence-electron chi connectivity index (χ0n) is 19.9. The number of imide groups is 1. The Morgan fingerprint density at radius 1 is 0.972 bits per heavy atom. The van der Waals surface area contributed by atoms with E-state index >= 15 is 0 Å². The first-order valence-corrected chi connectivity index (χ1v) is 12.1. The van der Waals surface area contributed by atoms with Crippen LogP contribution in [0.2, 0.25) is 0 Å². The van der Waals surface area contributed by atoms with Gasteiger partial charge in [0, 0.05) is 29.4 Å². The van der Waals surface area contributed by atoms with E-state index < -0.39 is 17.5 Å². The molecular weight excluding hydrogens is 454 g/mol. The Balaban J connectivity index is 1.42. The summed E-state index contributed by atoms with van der Waals surface area (Å²) < 4.78 is 7.83. The number of aromatic nitrogens is 1. The van der Waals surface area contributed by atoms with Crippen LogP contribution in [0.1, 0.15) is 29.3 Å². The summed E-state index contributed by atoms with van der Waals surface area (Å²) in [6.45, 7) is 2.66. The van der Waals surface area contributed by atoms with Crippen molar-refractivity contribution in [2.24, 2.45) is 0 Å². The van der Waals surface area contributed by atoms with Gasteiger partial charge in [-0.2, -0.15) is 0 Å². The largest absolute Gasteiger partial charge is 0.493 e. The number of hydrogen-bond acceptors (Lipinski definition) is 4. The molecule has 1 atom stereocenters. The van der Waals surface area contributed by atoms with Crippen LogP contribution in [0.15, 0.2) is 78.9 Å². The molecule has 7 heteroatoms. The third-order valence-electron chi connectivity index (χ3n) is 7.17. The molecule has 7 nitrogen and oxygen atoms in total. The highest BCUT2D eigenvalue weighted by Gasteiger charge is 2.55. The number of rotatable bonds is 5. The summed E-state index contributed by atoms with van der Waals surface area (Å²) in [6.07, 6.45) is 0.309. The summed E-state index contributed by atoms with van der Waals surface area (Å²) in [5.74, 6) is -0.127. The topological polar surface area (TPSA) is 80.6 Å². The minimum Gasteiger partial charge on any atom is -0.493 e. The predicted octanol–water partition coefficient (Wildman–Crippen LogP) is 4.74. The highest BCUT2D eigenvalue weighted by Crippen LogP contribution is 2.41. The van der Waals surface area contributed by atoms with E-state index in [1.54, 1.807) is 12.1 Å². The van der Waals surface area contributed by atoms with Gasteiger partial charge in [0.15, 0.2) is 11.3 Å². The first kappa shape index (κ1) is 22.1. The van der Waals surface area contributed by atoms with E-state index in [4.69, 9.17) is 4.74 Å². The van der Waals surface area contributed by atoms with Crippen LogP contribution in [0.4, 0.5) is 4.79 Å². The van der Waals surface area contributed by atoms with Gasteiger partial charge in [0.1, 0.15) is 5.75 Å². The summed E-state index contributed by atoms with van der Waals surface area (Å²) in [6, 6.07) is 24.2. The molecule has 36 heavy (non-hydrogen) atoms. The van der Waals surface area contributed by atoms with Crippen LogP contribution in [-0.2, 0) is 16.9 Å². The van der Waals surface area contributed by atoms with Crippen LogP contribution in [0, 0.1) is 0 Å². The van der Waals surface area contributed by atoms with Gasteiger partial charge in [0.2, 0.25) is 0 Å². The second-order valence-electron chi connectivity index (χ2n) is 9.10. The minimum atomic E-state index is -1.22. The summed E-state index contributed by atoms with van der Waals surface area (Å²) in [7, 11) is 0. The second-order valence-corrected chi connectivity index (χ2v) is 9.10. The summed E-state index contributed by atoms with van der Waals surface area (Å²) >= 11 is 0. The van der Waals surface area contributed by atoms with Gasteiger partial charge >= 0.3 is 6.03 Å². The normalized spacial score (nSPS) is 18.9. The fourth-order valence-electron chi connectivity index (χ4n) is 5.55. The van der Waals surface area contributed by atoms with Gasteiger partial charge in [-0.25, -0.2) is 4.79 Å². The zero-order chi connectivity index (χ0) is 24.9. The van der Waals surface area contributed by atoms with Gasteiger partial charge in [0.05, 0.1) is 24.4 Å². The molecule has 0 radical (unpaired) electrons. The summed E-state index contributed by atoms with van der Waals surface area (Å²) in [4.78, 5) is 41.8. The lowest BCUT2D eigenvalue weighted by atomic mass is 9.84. The highest BCUT2D eigenvalue weighted by molar-refractivity contribution is 6.18. The molecule has 2 aliphatic heterocycles. The number of ketones is 1. The van der Waals surface area contributed by atoms with Crippen molar-refractivity contribution >= 4 is 28.6 Å². The van der Waals surface area contributed by atoms with Crippen LogP contribution >= 0.6 is 0 Å². The molecule has 3 aromatic carbocycles. The van der Waals surface area contributed by atoms with Crippen molar-refractivity contribution in [2.75, 3.05) is 13.2 Å². The van der Waals surface area contributed by atoms with E-state index in [9.17, 15) is 14.4 Å². The molecule has 0 saturated carbocycles. The smallest absolute Gasteiger partial charge is 0.325 e. The third kappa shape index (κ3) is 3.16. The second kappa shape index (κ2) is 8.37. The number of Topliss-reactive ketones (excluding diaryl/α,β-unsaturated/α-hetero) is 1. The van der Waals surface area contributed by atoms with Gasteiger partial charge in [-0.1, -0.05) is 66.7 Å². The molecular formula is C29H25N3O4. The molecule has 3 amide bonds. The van der Waals surface area contributed by atoms with Crippen molar-refractivity contribution in [1.29, 1.82) is 0 Å². The number of hydrogen-bond donors (Lipinski definition) is 1. The molecule has 3 heterocycles. The van der Waals surface area contributed by atoms with Crippen LogP contribution < -0.4 is 10.1 Å². The molecule has 1 saturated heterocycles. The Morgan fingerprint density at radius 2 is 1.69 bits per heavy atom. The molecule has 4 aromatic rings. The van der Waals surface area contributed by atoms with Crippen molar-refractivity contribution in [3.8, 4) is 17.0 Å². The number of nitrogens with one attached hydrogen (secondary N) is 1. The van der Waals surface area contributed by atoms with Crippen LogP contribution in [-0.4, -0.2) is 40.3 Å². The van der Waals surface area contributed by atoms with E-state index in [1.807, 2.05) is 73.7 Å². The van der Waals surface area contributed by atoms with Gasteiger partial charge in [-0.3, -0.25) is 14.5 Å². The number of urea groups is 1. The molecule has 1 fully saturated rings. The van der Waals surface area contributed by atoms with Gasteiger partial charge in [-0.15, -0.1) is 0 Å². The van der Waals surface area contributed by atoms with Crippen LogP contribution in [0.5, 0.6) is 5.75 Å². The van der Waals surface area contributed by atoms with Gasteiger partial charge in [0.25, 0.3) is 5.91 Å². The molecule has 1 aromatic heterocycles. The monoisotopic (exact) mass is 479 g/mol. The zero-order valence-corrected chi connectivity index (χ0v) is 19.9. The number of aryl methyl sites for hydroxylation is 1. The molecule has 2 aliphatic rings. The Morgan fingerprint density at radius 3 is 2.50 bits per heavy atom. The van der Waals surface area contributed by atoms with Crippen LogP contribution in [0.25, 0.3) is 22.2 Å². The molecule has 180 valence electrons. The maximum absolute atomic E-state index is 13.9. The molecule has 6 rings (SSSR count). The van der Waals surface area contributed by atoms with Crippen molar-refractivity contribution < 1.29 is 19.1 Å². The Kier molecular flexibility index (Phi) is 5.14. The molecule has 0 bridgehead atoms. The van der Waals surface area contributed by atoms with E-state index in [2.05, 4.69) is 9.88 Å². The Bertz CT molecular complexity index is 1520. The van der Waals surface area contributed by atoms with E-state index in [0.717, 1.165) is 27.1 Å². The maximum atomic E-state index is 13.9. The van der Waals surface area contributed by atoms with E-state index in [1.165, 1.54) is 0 Å². The number of carbonyl (C=O) groups excluding carboxylic acids is 3. The molecule has 1 N–H and O–H groups in total. The number of fused-ring (bicyclic) bond motifs is 3. The average molecular weight is 480 g/mol. The fraction of sp³-hybridized carbons (Fsp3) is 0.207. The molecule has 0 unspecified atom stereocenters. The van der Waals surface area contributed by atoms with E-state index in [-0.39, 0.29) is 12.3 Å². The lowest BCUT2D eigenvalue weighted by molar-refractivity contribution is -0.132. The van der Waals surface area contributed by atoms with Gasteiger partial charge in [-0.05, 0) is 24.6 Å². The number of amides is 3. The minimum absolute atomic E-state index is 0.279. The quantitative estimate of drug-likeness (QED) is 0.331. The lowest BCUT2D eigenvalue weighted by Crippen LogP contribution is -2.47. The number of benzene rings is 3. The summed E-state index contributed by atoms with van der Waals surface area (Å²) in [5, 5.41) is 3.69. The first-order chi connectivity index (χ1) is 17.5. The number of nitrogens with zero attached hydrogens (tertiary/aromatic N) is 2. The summed E-state index contributed by atoms with van der Waals surface area (Å²) in [5.41, 5.74) is 2.57. The van der Waals surface area contributed by atoms with Crippen molar-refractivity contribution in [3.05, 3.63) is 90.0 Å². The van der Waals surface area contributed by atoms with E-state index in [0.29, 0.717) is 36.4 Å². The lowest BCUT2D eigenvalue weighted by Gasteiger charge is -2.33.